The molecule has 3 rings (SSSR count). The predicted octanol–water partition coefficient (Wildman–Crippen LogP) is 2.77. The van der Waals surface area contributed by atoms with Crippen LogP contribution in [0.25, 0.3) is 0 Å². The number of benzene rings is 1. The average Bonchev–Trinajstić information content (AvgIpc) is 3.18. The zero-order valence-electron chi connectivity index (χ0n) is 12.7. The highest BCUT2D eigenvalue weighted by Crippen LogP contribution is 2.30. The molecule has 1 aromatic rings. The van der Waals surface area contributed by atoms with E-state index in [0.29, 0.717) is 11.9 Å². The van der Waals surface area contributed by atoms with Gasteiger partial charge in [0.25, 0.3) is 0 Å². The fourth-order valence-electron chi connectivity index (χ4n) is 2.95. The first kappa shape index (κ1) is 16.3. The van der Waals surface area contributed by atoms with Gasteiger partial charge < -0.3 is 10.2 Å². The largest absolute Gasteiger partial charge is 0.335 e. The molecule has 1 unspecified atom stereocenters. The molecule has 1 amide bonds. The van der Waals surface area contributed by atoms with Gasteiger partial charge >= 0.3 is 0 Å². The van der Waals surface area contributed by atoms with Crippen LogP contribution in [0.2, 0.25) is 0 Å². The third-order valence-electron chi connectivity index (χ3n) is 4.46. The summed E-state index contributed by atoms with van der Waals surface area (Å²) >= 11 is 0. The van der Waals surface area contributed by atoms with Gasteiger partial charge in [-0.25, -0.2) is 0 Å². The summed E-state index contributed by atoms with van der Waals surface area (Å²) < 4.78 is 0. The Balaban J connectivity index is 0.00000161. The van der Waals surface area contributed by atoms with E-state index in [1.807, 2.05) is 0 Å². The first-order valence-electron chi connectivity index (χ1n) is 7.87. The van der Waals surface area contributed by atoms with E-state index >= 15 is 0 Å². The van der Waals surface area contributed by atoms with Gasteiger partial charge in [0.05, 0.1) is 5.92 Å². The molecule has 4 heteroatoms. The monoisotopic (exact) mass is 308 g/mol. The lowest BCUT2D eigenvalue weighted by Crippen LogP contribution is -2.38. The van der Waals surface area contributed by atoms with Gasteiger partial charge in [0.1, 0.15) is 0 Å². The number of carbonyl (C=O) groups is 1. The summed E-state index contributed by atoms with van der Waals surface area (Å²) in [4.78, 5) is 14.8. The second-order valence-electron chi connectivity index (χ2n) is 6.06. The van der Waals surface area contributed by atoms with Gasteiger partial charge in [0, 0.05) is 19.1 Å². The molecule has 1 atom stereocenters. The number of hydrogen-bond donors (Lipinski definition) is 1. The van der Waals surface area contributed by atoms with Crippen LogP contribution >= 0.6 is 12.4 Å². The van der Waals surface area contributed by atoms with Crippen LogP contribution in [0.1, 0.15) is 37.3 Å². The molecule has 0 aromatic heterocycles. The molecule has 1 saturated carbocycles. The highest BCUT2D eigenvalue weighted by Gasteiger charge is 2.36. The van der Waals surface area contributed by atoms with Gasteiger partial charge in [0.2, 0.25) is 5.91 Å². The number of halogens is 1. The summed E-state index contributed by atoms with van der Waals surface area (Å²) in [6, 6.07) is 9.21. The van der Waals surface area contributed by atoms with Crippen molar-refractivity contribution in [1.29, 1.82) is 0 Å². The molecule has 1 heterocycles. The molecule has 1 aliphatic carbocycles. The molecule has 1 aliphatic heterocycles. The summed E-state index contributed by atoms with van der Waals surface area (Å²) in [5.74, 6) is 0.558. The Bertz CT molecular complexity index is 464. The summed E-state index contributed by atoms with van der Waals surface area (Å²) in [6.45, 7) is 4.79. The molecule has 116 valence electrons. The number of amides is 1. The van der Waals surface area contributed by atoms with Gasteiger partial charge in [-0.05, 0) is 43.4 Å². The van der Waals surface area contributed by atoms with Gasteiger partial charge in [0.15, 0.2) is 0 Å². The first-order valence-corrected chi connectivity index (χ1v) is 7.87. The van der Waals surface area contributed by atoms with E-state index in [-0.39, 0.29) is 18.3 Å². The van der Waals surface area contributed by atoms with Crippen molar-refractivity contribution in [2.24, 2.45) is 5.92 Å². The minimum Gasteiger partial charge on any atom is -0.335 e. The Morgan fingerprint density at radius 2 is 1.86 bits per heavy atom. The Labute approximate surface area is 133 Å². The van der Waals surface area contributed by atoms with Gasteiger partial charge in [-0.3, -0.25) is 4.79 Å². The van der Waals surface area contributed by atoms with E-state index in [9.17, 15) is 4.79 Å². The molecule has 2 fully saturated rings. The highest BCUT2D eigenvalue weighted by molar-refractivity contribution is 5.85. The summed E-state index contributed by atoms with van der Waals surface area (Å²) in [6.07, 6.45) is 4.42. The molecule has 0 spiro atoms. The first-order chi connectivity index (χ1) is 9.78. The molecule has 0 bridgehead atoms. The molecular weight excluding hydrogens is 284 g/mol. The van der Waals surface area contributed by atoms with Crippen LogP contribution in [0.3, 0.4) is 0 Å². The molecule has 1 saturated heterocycles. The van der Waals surface area contributed by atoms with Crippen LogP contribution in [0.4, 0.5) is 0 Å². The number of carbonyl (C=O) groups excluding carboxylic acids is 1. The zero-order valence-corrected chi connectivity index (χ0v) is 13.5. The van der Waals surface area contributed by atoms with Crippen molar-refractivity contribution in [2.45, 2.75) is 45.2 Å². The topological polar surface area (TPSA) is 32.3 Å². The van der Waals surface area contributed by atoms with Crippen molar-refractivity contribution in [3.8, 4) is 0 Å². The molecule has 1 aromatic carbocycles. The van der Waals surface area contributed by atoms with E-state index in [4.69, 9.17) is 0 Å². The van der Waals surface area contributed by atoms with Gasteiger partial charge in [-0.2, -0.15) is 0 Å². The minimum absolute atomic E-state index is 0. The number of hydrogen-bond acceptors (Lipinski definition) is 2. The van der Waals surface area contributed by atoms with Crippen LogP contribution in [-0.2, 0) is 17.8 Å². The number of nitrogens with zero attached hydrogens (tertiary/aromatic N) is 1. The second-order valence-corrected chi connectivity index (χ2v) is 6.06. The van der Waals surface area contributed by atoms with Crippen molar-refractivity contribution < 1.29 is 4.79 Å². The second kappa shape index (κ2) is 7.28. The Morgan fingerprint density at radius 3 is 2.38 bits per heavy atom. The fraction of sp³-hybridized carbons (Fsp3) is 0.588. The number of nitrogens with one attached hydrogen (secondary N) is 1. The normalized spacial score (nSPS) is 20.9. The average molecular weight is 309 g/mol. The standard InChI is InChI=1S/C17H24N2O.ClH/c1-2-13-3-5-14(6-4-13)12-19(16-7-8-16)17(20)15-9-10-18-11-15;/h3-6,15-16,18H,2,7-12H2,1H3;1H. The zero-order chi connectivity index (χ0) is 13.9. The van der Waals surface area contributed by atoms with E-state index in [1.54, 1.807) is 0 Å². The van der Waals surface area contributed by atoms with Crippen LogP contribution < -0.4 is 5.32 Å². The van der Waals surface area contributed by atoms with Crippen molar-refractivity contribution in [2.75, 3.05) is 13.1 Å². The van der Waals surface area contributed by atoms with Crippen LogP contribution in [0.15, 0.2) is 24.3 Å². The van der Waals surface area contributed by atoms with E-state index in [0.717, 1.165) is 32.5 Å². The Kier molecular flexibility index (Phi) is 5.65. The van der Waals surface area contributed by atoms with E-state index < -0.39 is 0 Å². The maximum absolute atomic E-state index is 12.6. The van der Waals surface area contributed by atoms with E-state index in [2.05, 4.69) is 41.4 Å². The molecule has 3 nitrogen and oxygen atoms in total. The Hall–Kier alpha value is -1.06. The maximum atomic E-state index is 12.6. The van der Waals surface area contributed by atoms with Crippen molar-refractivity contribution in [1.82, 2.24) is 10.2 Å². The smallest absolute Gasteiger partial charge is 0.227 e. The van der Waals surface area contributed by atoms with Crippen LogP contribution in [0.5, 0.6) is 0 Å². The quantitative estimate of drug-likeness (QED) is 0.907. The van der Waals surface area contributed by atoms with Gasteiger partial charge in [-0.15, -0.1) is 12.4 Å². The molecular formula is C17H25ClN2O. The van der Waals surface area contributed by atoms with Crippen molar-refractivity contribution >= 4 is 18.3 Å². The SMILES string of the molecule is CCc1ccc(CN(C(=O)C2CCNC2)C2CC2)cc1.Cl. The van der Waals surface area contributed by atoms with Crippen molar-refractivity contribution in [3.63, 3.8) is 0 Å². The number of rotatable bonds is 5. The summed E-state index contributed by atoms with van der Waals surface area (Å²) in [5, 5.41) is 3.30. The Morgan fingerprint density at radius 1 is 1.19 bits per heavy atom. The number of aryl methyl sites for hydroxylation is 1. The molecule has 0 radical (unpaired) electrons. The lowest BCUT2D eigenvalue weighted by atomic mass is 10.1. The lowest BCUT2D eigenvalue weighted by Gasteiger charge is -2.25. The fourth-order valence-corrected chi connectivity index (χ4v) is 2.95. The predicted molar refractivity (Wildman–Crippen MR) is 87.6 cm³/mol. The van der Waals surface area contributed by atoms with Crippen LogP contribution in [-0.4, -0.2) is 29.9 Å². The van der Waals surface area contributed by atoms with Crippen molar-refractivity contribution in [3.05, 3.63) is 35.4 Å². The lowest BCUT2D eigenvalue weighted by molar-refractivity contribution is -0.136. The third kappa shape index (κ3) is 3.98. The summed E-state index contributed by atoms with van der Waals surface area (Å²) in [7, 11) is 0. The minimum atomic E-state index is 0. The van der Waals surface area contributed by atoms with Crippen LogP contribution in [0, 0.1) is 5.92 Å². The summed E-state index contributed by atoms with van der Waals surface area (Å²) in [5.41, 5.74) is 2.62. The molecule has 2 aliphatic rings. The van der Waals surface area contributed by atoms with Gasteiger partial charge in [-0.1, -0.05) is 31.2 Å². The maximum Gasteiger partial charge on any atom is 0.227 e. The molecule has 21 heavy (non-hydrogen) atoms. The molecule has 1 N–H and O–H groups in total. The highest BCUT2D eigenvalue weighted by atomic mass is 35.5. The third-order valence-corrected chi connectivity index (χ3v) is 4.46. The van der Waals surface area contributed by atoms with E-state index in [1.165, 1.54) is 24.0 Å².